The largest absolute Gasteiger partial charge is 0.497 e. The Morgan fingerprint density at radius 3 is 2.10 bits per heavy atom. The van der Waals surface area contributed by atoms with Crippen LogP contribution in [0.2, 0.25) is 0 Å². The minimum atomic E-state index is -5.08. The van der Waals surface area contributed by atoms with Crippen molar-refractivity contribution in [2.24, 2.45) is 10.7 Å². The first-order valence-corrected chi connectivity index (χ1v) is 12.1. The fourth-order valence-electron chi connectivity index (χ4n) is 4.15. The predicted octanol–water partition coefficient (Wildman–Crippen LogP) is 4.97. The molecule has 3 aromatic carbocycles. The number of carbonyl (C=O) groups is 2. The Balaban J connectivity index is 0.000000587. The van der Waals surface area contributed by atoms with E-state index in [-0.39, 0.29) is 24.8 Å². The van der Waals surface area contributed by atoms with Gasteiger partial charge in [0.15, 0.2) is 23.1 Å². The minimum Gasteiger partial charge on any atom is -0.497 e. The van der Waals surface area contributed by atoms with Gasteiger partial charge in [0.2, 0.25) is 0 Å². The van der Waals surface area contributed by atoms with Gasteiger partial charge in [0.05, 0.1) is 7.11 Å². The molecule has 0 saturated carbocycles. The molecule has 1 aliphatic rings. The first-order valence-electron chi connectivity index (χ1n) is 12.1. The number of methoxy groups -OCH3 is 1. The first-order chi connectivity index (χ1) is 19.3. The third-order valence-corrected chi connectivity index (χ3v) is 6.20. The van der Waals surface area contributed by atoms with E-state index >= 15 is 0 Å². The number of aliphatic carboxylic acids is 1. The molecule has 3 aromatic rings. The lowest BCUT2D eigenvalue weighted by Gasteiger charge is -2.27. The number of ether oxygens (including phenoxy) is 1. The van der Waals surface area contributed by atoms with E-state index in [1.165, 1.54) is 23.1 Å². The van der Waals surface area contributed by atoms with Crippen LogP contribution >= 0.6 is 0 Å². The van der Waals surface area contributed by atoms with Crippen LogP contribution in [0.4, 0.5) is 26.3 Å². The molecule has 3 N–H and O–H groups in total. The van der Waals surface area contributed by atoms with Crippen LogP contribution in [0.25, 0.3) is 0 Å². The van der Waals surface area contributed by atoms with Gasteiger partial charge < -0.3 is 15.6 Å². The van der Waals surface area contributed by atoms with Gasteiger partial charge >= 0.3 is 12.1 Å². The number of hydrogen-bond acceptors (Lipinski definition) is 5. The van der Waals surface area contributed by atoms with E-state index < -0.39 is 35.1 Å². The monoisotopic (exact) mass is 581 g/mol. The summed E-state index contributed by atoms with van der Waals surface area (Å²) in [6.45, 7) is 0.249. The SMILES string of the molecule is COc1ccc(CC2(c3ccc(F)cc3)N=C(N)N(CCCc3ccc(F)c(F)c3)C2=O)cc1.O=C(O)C(F)(F)F. The Hall–Kier alpha value is -4.55. The number of nitrogens with two attached hydrogens (primary N) is 1. The van der Waals surface area contributed by atoms with Crippen LogP contribution in [0.5, 0.6) is 5.75 Å². The molecule has 7 nitrogen and oxygen atoms in total. The third kappa shape index (κ3) is 7.56. The number of amides is 1. The van der Waals surface area contributed by atoms with Crippen molar-refractivity contribution in [1.82, 2.24) is 4.90 Å². The topological polar surface area (TPSA) is 105 Å². The second kappa shape index (κ2) is 12.7. The lowest BCUT2D eigenvalue weighted by atomic mass is 9.83. The van der Waals surface area contributed by atoms with Gasteiger partial charge in [-0.2, -0.15) is 13.2 Å². The highest BCUT2D eigenvalue weighted by Gasteiger charge is 2.49. The van der Waals surface area contributed by atoms with Crippen molar-refractivity contribution in [3.8, 4) is 5.75 Å². The molecule has 1 aliphatic heterocycles. The highest BCUT2D eigenvalue weighted by Crippen LogP contribution is 2.37. The summed E-state index contributed by atoms with van der Waals surface area (Å²) in [5.41, 5.74) is 6.82. The van der Waals surface area contributed by atoms with Gasteiger partial charge in [0.25, 0.3) is 5.91 Å². The molecule has 0 spiro atoms. The number of nitrogens with zero attached hydrogens (tertiary/aromatic N) is 2. The number of guanidine groups is 1. The Bertz CT molecular complexity index is 1410. The summed E-state index contributed by atoms with van der Waals surface area (Å²) in [4.78, 5) is 28.6. The van der Waals surface area contributed by atoms with E-state index in [4.69, 9.17) is 20.4 Å². The Labute approximate surface area is 230 Å². The van der Waals surface area contributed by atoms with Crippen LogP contribution < -0.4 is 10.5 Å². The smallest absolute Gasteiger partial charge is 0.490 e. The molecular weight excluding hydrogens is 556 g/mol. The van der Waals surface area contributed by atoms with Gasteiger partial charge in [-0.25, -0.2) is 23.0 Å². The van der Waals surface area contributed by atoms with E-state index in [0.717, 1.165) is 17.7 Å². The summed E-state index contributed by atoms with van der Waals surface area (Å²) < 4.78 is 77.2. The van der Waals surface area contributed by atoms with E-state index in [1.807, 2.05) is 12.1 Å². The zero-order valence-electron chi connectivity index (χ0n) is 21.6. The van der Waals surface area contributed by atoms with Crippen LogP contribution in [-0.2, 0) is 28.0 Å². The molecule has 1 amide bonds. The first kappa shape index (κ1) is 31.0. The molecule has 1 heterocycles. The van der Waals surface area contributed by atoms with Crippen molar-refractivity contribution >= 4 is 17.8 Å². The van der Waals surface area contributed by atoms with E-state index in [0.29, 0.717) is 29.7 Å². The number of carboxylic acids is 1. The van der Waals surface area contributed by atoms with Gasteiger partial charge in [0, 0.05) is 13.0 Å². The molecule has 0 radical (unpaired) electrons. The zero-order valence-corrected chi connectivity index (χ0v) is 21.6. The predicted molar refractivity (Wildman–Crippen MR) is 136 cm³/mol. The molecule has 0 fully saturated rings. The van der Waals surface area contributed by atoms with Crippen LogP contribution in [-0.4, -0.2) is 47.7 Å². The summed E-state index contributed by atoms with van der Waals surface area (Å²) in [6.07, 6.45) is -3.97. The third-order valence-electron chi connectivity index (χ3n) is 6.20. The lowest BCUT2D eigenvalue weighted by Crippen LogP contribution is -2.44. The maximum absolute atomic E-state index is 13.7. The average molecular weight is 582 g/mol. The fraction of sp³-hybridized carbons (Fsp3) is 0.250. The standard InChI is InChI=1S/C26H24F3N3O2.C2HF3O2/c1-34-21-11-4-18(5-12-21)16-26(19-7-9-20(27)10-8-19)24(33)32(25(30)31-26)14-2-3-17-6-13-22(28)23(29)15-17;3-2(4,5)1(6)7/h4-13,15H,2-3,14,16H2,1H3,(H2,30,31);(H,6,7). The molecular formula is C28H25F6N3O4. The summed E-state index contributed by atoms with van der Waals surface area (Å²) in [5.74, 6) is -4.57. The molecule has 1 atom stereocenters. The lowest BCUT2D eigenvalue weighted by molar-refractivity contribution is -0.192. The normalized spacial score (nSPS) is 16.6. The van der Waals surface area contributed by atoms with E-state index in [9.17, 15) is 31.1 Å². The minimum absolute atomic E-state index is 0.0631. The molecule has 0 aliphatic carbocycles. The van der Waals surface area contributed by atoms with Gasteiger partial charge in [0.1, 0.15) is 11.6 Å². The number of aliphatic imine (C=N–C) groups is 1. The van der Waals surface area contributed by atoms with Crippen molar-refractivity contribution in [3.05, 3.63) is 101 Å². The number of aryl methyl sites for hydroxylation is 1. The van der Waals surface area contributed by atoms with Crippen LogP contribution in [0.1, 0.15) is 23.1 Å². The second-order valence-corrected chi connectivity index (χ2v) is 8.97. The molecule has 4 rings (SSSR count). The molecule has 13 heteroatoms. The summed E-state index contributed by atoms with van der Waals surface area (Å²) in [6, 6.07) is 16.7. The highest BCUT2D eigenvalue weighted by molar-refractivity contribution is 6.07. The Kier molecular flexibility index (Phi) is 9.63. The molecule has 0 saturated heterocycles. The maximum Gasteiger partial charge on any atom is 0.490 e. The van der Waals surface area contributed by atoms with Crippen molar-refractivity contribution in [1.29, 1.82) is 0 Å². The quantitative estimate of drug-likeness (QED) is 0.366. The second-order valence-electron chi connectivity index (χ2n) is 8.97. The van der Waals surface area contributed by atoms with Crippen LogP contribution in [0.15, 0.2) is 71.7 Å². The highest BCUT2D eigenvalue weighted by atomic mass is 19.4. The maximum atomic E-state index is 13.7. The van der Waals surface area contributed by atoms with Gasteiger partial charge in [-0.15, -0.1) is 0 Å². The summed E-state index contributed by atoms with van der Waals surface area (Å²) in [7, 11) is 1.57. The number of alkyl halides is 3. The Morgan fingerprint density at radius 2 is 1.56 bits per heavy atom. The summed E-state index contributed by atoms with van der Waals surface area (Å²) in [5, 5.41) is 7.12. The van der Waals surface area contributed by atoms with Crippen molar-refractivity contribution in [2.45, 2.75) is 31.0 Å². The molecule has 0 aromatic heterocycles. The van der Waals surface area contributed by atoms with Gasteiger partial charge in [-0.1, -0.05) is 30.3 Å². The molecule has 1 unspecified atom stereocenters. The number of rotatable bonds is 8. The van der Waals surface area contributed by atoms with Crippen molar-refractivity contribution in [2.75, 3.05) is 13.7 Å². The van der Waals surface area contributed by atoms with Crippen LogP contribution in [0.3, 0.4) is 0 Å². The average Bonchev–Trinajstić information content (AvgIpc) is 3.16. The molecule has 0 bridgehead atoms. The Morgan fingerprint density at radius 1 is 0.976 bits per heavy atom. The zero-order chi connectivity index (χ0) is 30.4. The molecule has 218 valence electrons. The van der Waals surface area contributed by atoms with Gasteiger partial charge in [-0.05, 0) is 65.9 Å². The van der Waals surface area contributed by atoms with E-state index in [1.54, 1.807) is 31.4 Å². The summed E-state index contributed by atoms with van der Waals surface area (Å²) >= 11 is 0. The number of benzene rings is 3. The number of halogens is 6. The van der Waals surface area contributed by atoms with Crippen molar-refractivity contribution in [3.63, 3.8) is 0 Å². The number of carbonyl (C=O) groups excluding carboxylic acids is 1. The molecule has 41 heavy (non-hydrogen) atoms. The van der Waals surface area contributed by atoms with Crippen LogP contribution in [0, 0.1) is 17.5 Å². The fourth-order valence-corrected chi connectivity index (χ4v) is 4.15. The van der Waals surface area contributed by atoms with Gasteiger partial charge in [-0.3, -0.25) is 9.69 Å². The van der Waals surface area contributed by atoms with E-state index in [2.05, 4.69) is 4.99 Å². The number of hydrogen-bond donors (Lipinski definition) is 2. The number of carboxylic acid groups (broad SMARTS) is 1. The van der Waals surface area contributed by atoms with Crippen molar-refractivity contribution < 1.29 is 45.8 Å².